The molecule has 2 aliphatic rings. The summed E-state index contributed by atoms with van der Waals surface area (Å²) in [7, 11) is 0. The predicted molar refractivity (Wildman–Crippen MR) is 101 cm³/mol. The van der Waals surface area contributed by atoms with E-state index in [1.54, 1.807) is 30.3 Å². The number of benzene rings is 1. The van der Waals surface area contributed by atoms with Gasteiger partial charge in [0.05, 0.1) is 6.10 Å². The molecular formula is C20H25N3O3. The minimum absolute atomic E-state index is 0.101. The quantitative estimate of drug-likeness (QED) is 0.708. The number of β-amino-alcohol motifs (C(OH)–C–C–N with tert-alkyl or cyclic N) is 1. The van der Waals surface area contributed by atoms with Crippen molar-refractivity contribution in [2.45, 2.75) is 25.0 Å². The molecule has 1 saturated heterocycles. The molecule has 3 atom stereocenters. The van der Waals surface area contributed by atoms with Crippen molar-refractivity contribution in [2.75, 3.05) is 31.5 Å². The number of fused-ring (bicyclic) bond motifs is 4. The Morgan fingerprint density at radius 3 is 2.73 bits per heavy atom. The number of likely N-dealkylation sites (tertiary alicyclic amines) is 1. The molecule has 2 bridgehead atoms. The second-order valence-electron chi connectivity index (χ2n) is 7.50. The summed E-state index contributed by atoms with van der Waals surface area (Å²) >= 11 is 0. The number of anilines is 1. The molecule has 6 nitrogen and oxygen atoms in total. The van der Waals surface area contributed by atoms with Gasteiger partial charge in [0.1, 0.15) is 5.75 Å². The fraction of sp³-hybridized carbons (Fsp3) is 0.450. The van der Waals surface area contributed by atoms with Crippen LogP contribution in [0.1, 0.15) is 18.0 Å². The number of aliphatic hydroxyl groups is 1. The number of piperidine rings is 1. The van der Waals surface area contributed by atoms with Gasteiger partial charge in [0.15, 0.2) is 0 Å². The Labute approximate surface area is 152 Å². The van der Waals surface area contributed by atoms with E-state index in [1.165, 1.54) is 0 Å². The number of hydrogen-bond donors (Lipinski definition) is 3. The third-order valence-electron chi connectivity index (χ3n) is 5.43. The zero-order chi connectivity index (χ0) is 18.1. The Morgan fingerprint density at radius 2 is 1.92 bits per heavy atom. The van der Waals surface area contributed by atoms with Crippen molar-refractivity contribution in [3.05, 3.63) is 58.5 Å². The van der Waals surface area contributed by atoms with Crippen molar-refractivity contribution in [3.63, 3.8) is 0 Å². The van der Waals surface area contributed by atoms with Gasteiger partial charge >= 0.3 is 0 Å². The first-order valence-corrected chi connectivity index (χ1v) is 9.21. The lowest BCUT2D eigenvalue weighted by molar-refractivity contribution is 0.0676. The molecular weight excluding hydrogens is 330 g/mol. The van der Waals surface area contributed by atoms with Crippen LogP contribution >= 0.6 is 0 Å². The summed E-state index contributed by atoms with van der Waals surface area (Å²) in [6.45, 7) is 3.68. The summed E-state index contributed by atoms with van der Waals surface area (Å²) in [5.74, 6) is 1.07. The molecule has 2 aliphatic heterocycles. The highest BCUT2D eigenvalue weighted by atomic mass is 16.3. The highest BCUT2D eigenvalue weighted by Gasteiger charge is 2.34. The molecule has 2 aromatic rings. The number of rotatable bonds is 5. The lowest BCUT2D eigenvalue weighted by Gasteiger charge is -2.43. The summed E-state index contributed by atoms with van der Waals surface area (Å²) in [6.07, 6.45) is 0.655. The molecule has 4 rings (SSSR count). The number of nitrogens with one attached hydrogen (secondary N) is 1. The average molecular weight is 355 g/mol. The molecule has 1 aromatic heterocycles. The van der Waals surface area contributed by atoms with E-state index in [0.717, 1.165) is 37.4 Å². The molecule has 3 heterocycles. The largest absolute Gasteiger partial charge is 0.508 e. The van der Waals surface area contributed by atoms with Crippen LogP contribution in [0.5, 0.6) is 5.75 Å². The van der Waals surface area contributed by atoms with Gasteiger partial charge in [0.2, 0.25) is 0 Å². The van der Waals surface area contributed by atoms with Crippen LogP contribution in [0.25, 0.3) is 0 Å². The third kappa shape index (κ3) is 3.61. The smallest absolute Gasteiger partial charge is 0.250 e. The lowest BCUT2D eigenvalue weighted by atomic mass is 9.83. The van der Waals surface area contributed by atoms with Gasteiger partial charge < -0.3 is 20.1 Å². The molecule has 0 amide bonds. The third-order valence-corrected chi connectivity index (χ3v) is 5.43. The van der Waals surface area contributed by atoms with Crippen molar-refractivity contribution in [3.8, 4) is 5.75 Å². The number of phenols is 1. The van der Waals surface area contributed by atoms with Gasteiger partial charge in [0.25, 0.3) is 5.56 Å². The van der Waals surface area contributed by atoms with Crippen molar-refractivity contribution >= 4 is 5.69 Å². The van der Waals surface area contributed by atoms with E-state index in [9.17, 15) is 15.0 Å². The van der Waals surface area contributed by atoms with E-state index in [0.29, 0.717) is 24.9 Å². The SMILES string of the molecule is O=c1cccc2n1C[C@@H]1C[C@H]2CN(CC(O)CNc2ccc(O)cc2)C1. The van der Waals surface area contributed by atoms with Crippen LogP contribution in [0.15, 0.2) is 47.3 Å². The Balaban J connectivity index is 1.35. The van der Waals surface area contributed by atoms with Gasteiger partial charge in [-0.15, -0.1) is 0 Å². The van der Waals surface area contributed by atoms with Crippen LogP contribution in [-0.2, 0) is 6.54 Å². The standard InChI is InChI=1S/C20H25N3O3/c24-17-6-4-16(5-7-17)21-9-18(25)13-22-10-14-8-15(12-22)19-2-1-3-20(26)23(19)11-14/h1-7,14-15,18,21,24-25H,8-13H2/t14-,15+,18?/m1/s1. The van der Waals surface area contributed by atoms with Crippen molar-refractivity contribution in [1.82, 2.24) is 9.47 Å². The number of nitrogens with zero attached hydrogens (tertiary/aromatic N) is 2. The summed E-state index contributed by atoms with van der Waals surface area (Å²) in [6, 6.07) is 12.4. The molecule has 0 radical (unpaired) electrons. The van der Waals surface area contributed by atoms with Crippen LogP contribution in [0.3, 0.4) is 0 Å². The van der Waals surface area contributed by atoms with Crippen LogP contribution in [0, 0.1) is 5.92 Å². The lowest BCUT2D eigenvalue weighted by Crippen LogP contribution is -2.49. The topological polar surface area (TPSA) is 77.7 Å². The zero-order valence-corrected chi connectivity index (χ0v) is 14.7. The van der Waals surface area contributed by atoms with Crippen molar-refractivity contribution < 1.29 is 10.2 Å². The maximum Gasteiger partial charge on any atom is 0.250 e. The normalized spacial score (nSPS) is 23.3. The Morgan fingerprint density at radius 1 is 1.12 bits per heavy atom. The number of phenolic OH excluding ortho intramolecular Hbond substituents is 1. The first kappa shape index (κ1) is 17.1. The van der Waals surface area contributed by atoms with Gasteiger partial charge in [-0.3, -0.25) is 9.69 Å². The van der Waals surface area contributed by atoms with E-state index in [2.05, 4.69) is 16.3 Å². The van der Waals surface area contributed by atoms with Gasteiger partial charge in [-0.1, -0.05) is 6.07 Å². The molecule has 0 saturated carbocycles. The highest BCUT2D eigenvalue weighted by Crippen LogP contribution is 2.34. The Bertz CT molecular complexity index is 818. The number of aliphatic hydroxyl groups excluding tert-OH is 1. The first-order chi connectivity index (χ1) is 12.6. The molecule has 1 fully saturated rings. The molecule has 1 aromatic carbocycles. The fourth-order valence-corrected chi connectivity index (χ4v) is 4.32. The number of aromatic nitrogens is 1. The van der Waals surface area contributed by atoms with Crippen LogP contribution in [0.4, 0.5) is 5.69 Å². The van der Waals surface area contributed by atoms with Crippen molar-refractivity contribution in [1.29, 1.82) is 0 Å². The fourth-order valence-electron chi connectivity index (χ4n) is 4.32. The number of aromatic hydroxyl groups is 1. The first-order valence-electron chi connectivity index (χ1n) is 9.21. The predicted octanol–water partition coefficient (Wildman–Crippen LogP) is 1.45. The maximum atomic E-state index is 12.1. The van der Waals surface area contributed by atoms with Crippen LogP contribution in [0.2, 0.25) is 0 Å². The Hall–Kier alpha value is -2.31. The van der Waals surface area contributed by atoms with Gasteiger partial charge in [-0.05, 0) is 42.7 Å². The number of pyridine rings is 1. The zero-order valence-electron chi connectivity index (χ0n) is 14.7. The summed E-state index contributed by atoms with van der Waals surface area (Å²) in [4.78, 5) is 14.4. The summed E-state index contributed by atoms with van der Waals surface area (Å²) in [5, 5.41) is 22.9. The minimum Gasteiger partial charge on any atom is -0.508 e. The maximum absolute atomic E-state index is 12.1. The second kappa shape index (κ2) is 7.13. The summed E-state index contributed by atoms with van der Waals surface area (Å²) in [5.41, 5.74) is 2.12. The molecule has 1 unspecified atom stereocenters. The molecule has 26 heavy (non-hydrogen) atoms. The van der Waals surface area contributed by atoms with E-state index in [1.807, 2.05) is 10.6 Å². The molecule has 138 valence electrons. The molecule has 3 N–H and O–H groups in total. The van der Waals surface area contributed by atoms with E-state index in [4.69, 9.17) is 0 Å². The molecule has 0 aliphatic carbocycles. The number of hydrogen-bond acceptors (Lipinski definition) is 5. The van der Waals surface area contributed by atoms with E-state index in [-0.39, 0.29) is 11.3 Å². The van der Waals surface area contributed by atoms with Crippen LogP contribution in [-0.4, -0.2) is 52.0 Å². The van der Waals surface area contributed by atoms with Crippen molar-refractivity contribution in [2.24, 2.45) is 5.92 Å². The monoisotopic (exact) mass is 355 g/mol. The van der Waals surface area contributed by atoms with E-state index >= 15 is 0 Å². The van der Waals surface area contributed by atoms with Gasteiger partial charge in [0, 0.05) is 56.1 Å². The molecule has 0 spiro atoms. The van der Waals surface area contributed by atoms with E-state index < -0.39 is 6.10 Å². The Kier molecular flexibility index (Phi) is 4.70. The van der Waals surface area contributed by atoms with Gasteiger partial charge in [-0.25, -0.2) is 0 Å². The second-order valence-corrected chi connectivity index (χ2v) is 7.50. The average Bonchev–Trinajstić information content (AvgIpc) is 2.62. The van der Waals surface area contributed by atoms with Crippen LogP contribution < -0.4 is 10.9 Å². The minimum atomic E-state index is -0.472. The van der Waals surface area contributed by atoms with Gasteiger partial charge in [-0.2, -0.15) is 0 Å². The summed E-state index contributed by atoms with van der Waals surface area (Å²) < 4.78 is 1.93. The molecule has 6 heteroatoms. The highest BCUT2D eigenvalue weighted by molar-refractivity contribution is 5.45.